The van der Waals surface area contributed by atoms with E-state index in [1.165, 1.54) is 24.8 Å². The van der Waals surface area contributed by atoms with Crippen molar-refractivity contribution in [2.45, 2.75) is 50.3 Å². The molecule has 1 aromatic carbocycles. The SMILES string of the molecule is O[C@]1(c2ccccc2)CCN(Cc2cccnc2)[C@@H]2CCCC[C@@H]21. The number of benzene rings is 1. The molecule has 0 radical (unpaired) electrons. The topological polar surface area (TPSA) is 36.4 Å². The minimum Gasteiger partial charge on any atom is -0.385 e. The number of pyridine rings is 1. The van der Waals surface area contributed by atoms with E-state index < -0.39 is 5.60 Å². The molecule has 2 aliphatic rings. The van der Waals surface area contributed by atoms with Gasteiger partial charge in [-0.2, -0.15) is 0 Å². The van der Waals surface area contributed by atoms with Gasteiger partial charge < -0.3 is 5.11 Å². The lowest BCUT2D eigenvalue weighted by Crippen LogP contribution is -2.57. The van der Waals surface area contributed by atoms with Crippen LogP contribution in [0, 0.1) is 5.92 Å². The molecule has 126 valence electrons. The Labute approximate surface area is 144 Å². The highest BCUT2D eigenvalue weighted by molar-refractivity contribution is 5.25. The molecule has 1 saturated heterocycles. The molecule has 1 aliphatic heterocycles. The largest absolute Gasteiger partial charge is 0.385 e. The predicted octanol–water partition coefficient (Wildman–Crippen LogP) is 3.73. The van der Waals surface area contributed by atoms with E-state index in [1.807, 2.05) is 36.7 Å². The van der Waals surface area contributed by atoms with Crippen LogP contribution in [-0.4, -0.2) is 27.6 Å². The summed E-state index contributed by atoms with van der Waals surface area (Å²) >= 11 is 0. The Morgan fingerprint density at radius 3 is 2.71 bits per heavy atom. The fraction of sp³-hybridized carbons (Fsp3) is 0.476. The smallest absolute Gasteiger partial charge is 0.0951 e. The second-order valence-electron chi connectivity index (χ2n) is 7.33. The second-order valence-corrected chi connectivity index (χ2v) is 7.33. The molecule has 1 aromatic heterocycles. The van der Waals surface area contributed by atoms with Crippen LogP contribution in [-0.2, 0) is 12.1 Å². The van der Waals surface area contributed by atoms with E-state index >= 15 is 0 Å². The Hall–Kier alpha value is -1.71. The fourth-order valence-electron chi connectivity index (χ4n) is 4.78. The summed E-state index contributed by atoms with van der Waals surface area (Å²) in [5.74, 6) is 0.332. The zero-order valence-corrected chi connectivity index (χ0v) is 14.1. The molecule has 1 saturated carbocycles. The summed E-state index contributed by atoms with van der Waals surface area (Å²) in [5.41, 5.74) is 1.70. The summed E-state index contributed by atoms with van der Waals surface area (Å²) < 4.78 is 0. The van der Waals surface area contributed by atoms with E-state index in [0.29, 0.717) is 12.0 Å². The van der Waals surface area contributed by atoms with Crippen LogP contribution in [0.2, 0.25) is 0 Å². The molecule has 4 rings (SSSR count). The van der Waals surface area contributed by atoms with E-state index in [-0.39, 0.29) is 0 Å². The highest BCUT2D eigenvalue weighted by Crippen LogP contribution is 2.47. The molecule has 1 N–H and O–H groups in total. The first-order valence-electron chi connectivity index (χ1n) is 9.18. The molecule has 2 heterocycles. The molecular formula is C21H26N2O. The van der Waals surface area contributed by atoms with Crippen molar-refractivity contribution in [1.82, 2.24) is 9.88 Å². The number of piperidine rings is 1. The molecule has 3 nitrogen and oxygen atoms in total. The maximum atomic E-state index is 11.6. The number of nitrogens with zero attached hydrogens (tertiary/aromatic N) is 2. The zero-order valence-electron chi connectivity index (χ0n) is 14.1. The lowest BCUT2D eigenvalue weighted by Gasteiger charge is -2.52. The van der Waals surface area contributed by atoms with E-state index in [1.54, 1.807) is 0 Å². The second kappa shape index (κ2) is 6.66. The summed E-state index contributed by atoms with van der Waals surface area (Å²) in [6.07, 6.45) is 9.44. The standard InChI is InChI=1S/C21H26N2O/c24-21(18-8-2-1-3-9-18)12-14-23(16-17-7-6-13-22-15-17)20-11-5-4-10-19(20)21/h1-3,6-9,13,15,19-20,24H,4-5,10-12,14,16H2/t19-,20+,21-/m0/s1. The van der Waals surface area contributed by atoms with Gasteiger partial charge >= 0.3 is 0 Å². The van der Waals surface area contributed by atoms with Crippen LogP contribution in [0.5, 0.6) is 0 Å². The lowest BCUT2D eigenvalue weighted by molar-refractivity contribution is -0.123. The maximum absolute atomic E-state index is 11.6. The van der Waals surface area contributed by atoms with Gasteiger partial charge in [-0.1, -0.05) is 49.2 Å². The Balaban J connectivity index is 1.60. The highest BCUT2D eigenvalue weighted by atomic mass is 16.3. The number of likely N-dealkylation sites (tertiary alicyclic amines) is 1. The quantitative estimate of drug-likeness (QED) is 0.935. The first-order chi connectivity index (χ1) is 11.8. The van der Waals surface area contributed by atoms with Crippen molar-refractivity contribution >= 4 is 0 Å². The van der Waals surface area contributed by atoms with Gasteiger partial charge in [0, 0.05) is 37.4 Å². The first kappa shape index (κ1) is 15.8. The molecule has 1 aliphatic carbocycles. The molecule has 3 heteroatoms. The van der Waals surface area contributed by atoms with Gasteiger partial charge in [0.25, 0.3) is 0 Å². The van der Waals surface area contributed by atoms with Crippen LogP contribution in [0.25, 0.3) is 0 Å². The summed E-state index contributed by atoms with van der Waals surface area (Å²) in [6.45, 7) is 1.89. The highest BCUT2D eigenvalue weighted by Gasteiger charge is 2.48. The summed E-state index contributed by atoms with van der Waals surface area (Å²) in [5, 5.41) is 11.6. The number of rotatable bonds is 3. The van der Waals surface area contributed by atoms with Crippen molar-refractivity contribution in [3.05, 3.63) is 66.0 Å². The lowest BCUT2D eigenvalue weighted by atomic mass is 9.66. The minimum atomic E-state index is -0.669. The van der Waals surface area contributed by atoms with E-state index in [0.717, 1.165) is 31.5 Å². The van der Waals surface area contributed by atoms with Crippen LogP contribution < -0.4 is 0 Å². The third kappa shape index (κ3) is 2.87. The van der Waals surface area contributed by atoms with Gasteiger partial charge in [0.2, 0.25) is 0 Å². The Kier molecular flexibility index (Phi) is 4.38. The van der Waals surface area contributed by atoms with E-state index in [9.17, 15) is 5.11 Å². The Morgan fingerprint density at radius 1 is 1.08 bits per heavy atom. The number of hydrogen-bond donors (Lipinski definition) is 1. The van der Waals surface area contributed by atoms with Gasteiger partial charge in [0.15, 0.2) is 0 Å². The average Bonchev–Trinajstić information content (AvgIpc) is 2.66. The number of hydrogen-bond acceptors (Lipinski definition) is 3. The third-order valence-electron chi connectivity index (χ3n) is 5.97. The van der Waals surface area contributed by atoms with Crippen LogP contribution in [0.4, 0.5) is 0 Å². The van der Waals surface area contributed by atoms with Crippen LogP contribution >= 0.6 is 0 Å². The Bertz CT molecular complexity index is 660. The molecule has 3 atom stereocenters. The normalized spacial score (nSPS) is 30.7. The minimum absolute atomic E-state index is 0.332. The fourth-order valence-corrected chi connectivity index (χ4v) is 4.78. The first-order valence-corrected chi connectivity index (χ1v) is 9.18. The zero-order chi connectivity index (χ0) is 16.4. The molecule has 24 heavy (non-hydrogen) atoms. The third-order valence-corrected chi connectivity index (χ3v) is 5.97. The van der Waals surface area contributed by atoms with Crippen LogP contribution in [0.1, 0.15) is 43.2 Å². The average molecular weight is 322 g/mol. The van der Waals surface area contributed by atoms with Crippen molar-refractivity contribution in [3.8, 4) is 0 Å². The van der Waals surface area contributed by atoms with Gasteiger partial charge in [0.1, 0.15) is 0 Å². The monoisotopic (exact) mass is 322 g/mol. The van der Waals surface area contributed by atoms with Gasteiger partial charge in [-0.3, -0.25) is 9.88 Å². The number of fused-ring (bicyclic) bond motifs is 1. The van der Waals surface area contributed by atoms with E-state index in [2.05, 4.69) is 28.1 Å². The van der Waals surface area contributed by atoms with Gasteiger partial charge in [0.05, 0.1) is 5.60 Å². The van der Waals surface area contributed by atoms with E-state index in [4.69, 9.17) is 0 Å². The number of aromatic nitrogens is 1. The maximum Gasteiger partial charge on any atom is 0.0951 e. The van der Waals surface area contributed by atoms with Gasteiger partial charge in [-0.05, 0) is 36.5 Å². The molecule has 0 bridgehead atoms. The van der Waals surface area contributed by atoms with Gasteiger partial charge in [-0.15, -0.1) is 0 Å². The summed E-state index contributed by atoms with van der Waals surface area (Å²) in [7, 11) is 0. The van der Waals surface area contributed by atoms with Crippen LogP contribution in [0.15, 0.2) is 54.9 Å². The van der Waals surface area contributed by atoms with Gasteiger partial charge in [-0.25, -0.2) is 0 Å². The van der Waals surface area contributed by atoms with Crippen LogP contribution in [0.3, 0.4) is 0 Å². The summed E-state index contributed by atoms with van der Waals surface area (Å²) in [4.78, 5) is 6.84. The molecule has 2 aromatic rings. The molecule has 0 amide bonds. The Morgan fingerprint density at radius 2 is 1.92 bits per heavy atom. The molecule has 2 fully saturated rings. The van der Waals surface area contributed by atoms with Crippen molar-refractivity contribution in [2.75, 3.05) is 6.54 Å². The molecule has 0 unspecified atom stereocenters. The number of aliphatic hydroxyl groups is 1. The van der Waals surface area contributed by atoms with Crippen molar-refractivity contribution in [3.63, 3.8) is 0 Å². The molecule has 0 spiro atoms. The molecular weight excluding hydrogens is 296 g/mol. The van der Waals surface area contributed by atoms with Crippen molar-refractivity contribution in [1.29, 1.82) is 0 Å². The predicted molar refractivity (Wildman–Crippen MR) is 95.3 cm³/mol. The van der Waals surface area contributed by atoms with Crippen molar-refractivity contribution in [2.24, 2.45) is 5.92 Å². The summed E-state index contributed by atoms with van der Waals surface area (Å²) in [6, 6.07) is 15.0. The van der Waals surface area contributed by atoms with Crippen molar-refractivity contribution < 1.29 is 5.11 Å².